The number of hydrogen-bond acceptors (Lipinski definition) is 3. The average Bonchev–Trinajstić information content (AvgIpc) is 2.99. The van der Waals surface area contributed by atoms with Crippen molar-refractivity contribution in [3.05, 3.63) is 29.8 Å². The van der Waals surface area contributed by atoms with Gasteiger partial charge in [0, 0.05) is 24.2 Å². The summed E-state index contributed by atoms with van der Waals surface area (Å²) < 4.78 is 39.6. The molecule has 2 heterocycles. The third kappa shape index (κ3) is 3.38. The van der Waals surface area contributed by atoms with Gasteiger partial charge in [0.15, 0.2) is 5.82 Å². The highest BCUT2D eigenvalue weighted by atomic mass is 19.4. The molecule has 0 unspecified atom stereocenters. The number of alkyl halides is 3. The van der Waals surface area contributed by atoms with Crippen molar-refractivity contribution in [1.82, 2.24) is 19.7 Å². The molecule has 1 aliphatic rings. The molecule has 0 aromatic carbocycles. The third-order valence-corrected chi connectivity index (χ3v) is 4.28. The number of hydrogen-bond donors (Lipinski definition) is 0. The second-order valence-electron chi connectivity index (χ2n) is 5.87. The highest BCUT2D eigenvalue weighted by Crippen LogP contribution is 2.33. The SMILES string of the molecule is CCn1nc(-c2ccc(C(F)(F)F)nc2)nc1C1CCCCC1. The summed E-state index contributed by atoms with van der Waals surface area (Å²) in [7, 11) is 0. The van der Waals surface area contributed by atoms with Crippen molar-refractivity contribution >= 4 is 0 Å². The van der Waals surface area contributed by atoms with Gasteiger partial charge < -0.3 is 0 Å². The van der Waals surface area contributed by atoms with E-state index in [2.05, 4.69) is 15.1 Å². The van der Waals surface area contributed by atoms with Gasteiger partial charge in [-0.15, -0.1) is 0 Å². The lowest BCUT2D eigenvalue weighted by Gasteiger charge is -2.20. The number of rotatable bonds is 3. The molecule has 2 aromatic rings. The van der Waals surface area contributed by atoms with Crippen LogP contribution in [0.5, 0.6) is 0 Å². The minimum Gasteiger partial charge on any atom is -0.251 e. The van der Waals surface area contributed by atoms with E-state index in [9.17, 15) is 13.2 Å². The Kier molecular flexibility index (Phi) is 4.37. The summed E-state index contributed by atoms with van der Waals surface area (Å²) >= 11 is 0. The molecule has 0 atom stereocenters. The Bertz CT molecular complexity index is 655. The summed E-state index contributed by atoms with van der Waals surface area (Å²) in [4.78, 5) is 8.09. The van der Waals surface area contributed by atoms with Crippen LogP contribution in [0, 0.1) is 0 Å². The topological polar surface area (TPSA) is 43.6 Å². The van der Waals surface area contributed by atoms with Gasteiger partial charge in [0.1, 0.15) is 11.5 Å². The van der Waals surface area contributed by atoms with Crippen molar-refractivity contribution in [2.24, 2.45) is 0 Å². The highest BCUT2D eigenvalue weighted by Gasteiger charge is 2.32. The molecule has 0 radical (unpaired) electrons. The van der Waals surface area contributed by atoms with Gasteiger partial charge in [-0.2, -0.15) is 18.3 Å². The van der Waals surface area contributed by atoms with Crippen LogP contribution < -0.4 is 0 Å². The molecule has 1 aliphatic carbocycles. The number of aromatic nitrogens is 4. The zero-order valence-electron chi connectivity index (χ0n) is 13.0. The van der Waals surface area contributed by atoms with Gasteiger partial charge in [0.2, 0.25) is 0 Å². The molecule has 2 aromatic heterocycles. The number of pyridine rings is 1. The lowest BCUT2D eigenvalue weighted by atomic mass is 9.88. The second kappa shape index (κ2) is 6.29. The quantitative estimate of drug-likeness (QED) is 0.839. The molecule has 124 valence electrons. The molecule has 0 saturated heterocycles. The Morgan fingerprint density at radius 1 is 1.17 bits per heavy atom. The van der Waals surface area contributed by atoms with Crippen molar-refractivity contribution in [3.8, 4) is 11.4 Å². The Morgan fingerprint density at radius 3 is 2.48 bits per heavy atom. The van der Waals surface area contributed by atoms with Crippen molar-refractivity contribution in [2.75, 3.05) is 0 Å². The molecule has 0 N–H and O–H groups in total. The molecular weight excluding hydrogens is 305 g/mol. The zero-order valence-corrected chi connectivity index (χ0v) is 13.0. The Labute approximate surface area is 132 Å². The first-order chi connectivity index (χ1) is 11.0. The first-order valence-electron chi connectivity index (χ1n) is 7.97. The van der Waals surface area contributed by atoms with E-state index in [1.807, 2.05) is 11.6 Å². The van der Waals surface area contributed by atoms with E-state index in [0.29, 0.717) is 23.9 Å². The van der Waals surface area contributed by atoms with Gasteiger partial charge >= 0.3 is 6.18 Å². The maximum atomic E-state index is 12.6. The van der Waals surface area contributed by atoms with Gasteiger partial charge in [-0.1, -0.05) is 19.3 Å². The van der Waals surface area contributed by atoms with E-state index >= 15 is 0 Å². The van der Waals surface area contributed by atoms with Crippen LogP contribution in [0.15, 0.2) is 18.3 Å². The fourth-order valence-electron chi connectivity index (χ4n) is 3.07. The largest absolute Gasteiger partial charge is 0.433 e. The predicted molar refractivity (Wildman–Crippen MR) is 79.8 cm³/mol. The second-order valence-corrected chi connectivity index (χ2v) is 5.87. The number of nitrogens with zero attached hydrogens (tertiary/aromatic N) is 4. The Hall–Kier alpha value is -1.92. The van der Waals surface area contributed by atoms with E-state index in [-0.39, 0.29) is 0 Å². The molecule has 0 bridgehead atoms. The van der Waals surface area contributed by atoms with E-state index in [1.54, 1.807) is 0 Å². The van der Waals surface area contributed by atoms with Gasteiger partial charge in [-0.25, -0.2) is 9.67 Å². The smallest absolute Gasteiger partial charge is 0.251 e. The summed E-state index contributed by atoms with van der Waals surface area (Å²) in [5, 5.41) is 4.45. The summed E-state index contributed by atoms with van der Waals surface area (Å²) in [6.45, 7) is 2.70. The van der Waals surface area contributed by atoms with Crippen LogP contribution in [0.1, 0.15) is 56.5 Å². The van der Waals surface area contributed by atoms with Crippen LogP contribution in [-0.2, 0) is 12.7 Å². The first-order valence-corrected chi connectivity index (χ1v) is 7.97. The zero-order chi connectivity index (χ0) is 16.4. The standard InChI is InChI=1S/C16H19F3N4/c1-2-23-15(11-6-4-3-5-7-11)21-14(22-23)12-8-9-13(20-10-12)16(17,18)19/h8-11H,2-7H2,1H3. The molecule has 4 nitrogen and oxygen atoms in total. The summed E-state index contributed by atoms with van der Waals surface area (Å²) in [5.74, 6) is 1.79. The minimum atomic E-state index is -4.43. The first kappa shape index (κ1) is 16.0. The maximum Gasteiger partial charge on any atom is 0.433 e. The molecule has 1 saturated carbocycles. The molecule has 0 spiro atoms. The molecule has 23 heavy (non-hydrogen) atoms. The van der Waals surface area contributed by atoms with E-state index in [0.717, 1.165) is 24.7 Å². The number of halogens is 3. The van der Waals surface area contributed by atoms with Crippen LogP contribution in [-0.4, -0.2) is 19.7 Å². The number of aryl methyl sites for hydroxylation is 1. The van der Waals surface area contributed by atoms with Crippen LogP contribution in [0.2, 0.25) is 0 Å². The lowest BCUT2D eigenvalue weighted by Crippen LogP contribution is -2.12. The van der Waals surface area contributed by atoms with Gasteiger partial charge in [0.25, 0.3) is 0 Å². The maximum absolute atomic E-state index is 12.6. The van der Waals surface area contributed by atoms with Gasteiger partial charge in [-0.05, 0) is 31.9 Å². The van der Waals surface area contributed by atoms with E-state index in [1.165, 1.54) is 31.5 Å². The van der Waals surface area contributed by atoms with E-state index in [4.69, 9.17) is 0 Å². The highest BCUT2D eigenvalue weighted by molar-refractivity contribution is 5.53. The van der Waals surface area contributed by atoms with Crippen LogP contribution in [0.4, 0.5) is 13.2 Å². The fourth-order valence-corrected chi connectivity index (χ4v) is 3.07. The lowest BCUT2D eigenvalue weighted by molar-refractivity contribution is -0.141. The van der Waals surface area contributed by atoms with Crippen molar-refractivity contribution in [2.45, 2.75) is 57.7 Å². The van der Waals surface area contributed by atoms with Crippen LogP contribution in [0.3, 0.4) is 0 Å². The summed E-state index contributed by atoms with van der Waals surface area (Å²) in [5.41, 5.74) is -0.383. The molecule has 1 fully saturated rings. The molecule has 3 rings (SSSR count). The molecule has 0 amide bonds. The van der Waals surface area contributed by atoms with Crippen LogP contribution in [0.25, 0.3) is 11.4 Å². The van der Waals surface area contributed by atoms with Crippen molar-refractivity contribution < 1.29 is 13.2 Å². The Balaban J connectivity index is 1.89. The predicted octanol–water partition coefficient (Wildman–Crippen LogP) is 4.43. The average molecular weight is 324 g/mol. The van der Waals surface area contributed by atoms with E-state index < -0.39 is 11.9 Å². The molecule has 7 heteroatoms. The minimum absolute atomic E-state index is 0.396. The fraction of sp³-hybridized carbons (Fsp3) is 0.562. The van der Waals surface area contributed by atoms with Crippen molar-refractivity contribution in [3.63, 3.8) is 0 Å². The molecule has 0 aliphatic heterocycles. The van der Waals surface area contributed by atoms with Gasteiger partial charge in [-0.3, -0.25) is 4.98 Å². The molecular formula is C16H19F3N4. The van der Waals surface area contributed by atoms with Crippen molar-refractivity contribution in [1.29, 1.82) is 0 Å². The normalized spacial score (nSPS) is 16.7. The summed E-state index contributed by atoms with van der Waals surface area (Å²) in [6, 6.07) is 2.36. The monoisotopic (exact) mass is 324 g/mol. The Morgan fingerprint density at radius 2 is 1.91 bits per heavy atom. The summed E-state index contributed by atoms with van der Waals surface area (Å²) in [6.07, 6.45) is 2.61. The third-order valence-electron chi connectivity index (χ3n) is 4.28. The van der Waals surface area contributed by atoms with Crippen LogP contribution >= 0.6 is 0 Å². The van der Waals surface area contributed by atoms with Gasteiger partial charge in [0.05, 0.1) is 0 Å².